The maximum absolute atomic E-state index is 13.3. The van der Waals surface area contributed by atoms with Crippen molar-refractivity contribution in [2.75, 3.05) is 13.7 Å². The number of benzene rings is 2. The van der Waals surface area contributed by atoms with Crippen molar-refractivity contribution in [1.29, 1.82) is 0 Å². The molecule has 2 aromatic carbocycles. The molecule has 174 valence electrons. The monoisotopic (exact) mass is 440 g/mol. The lowest BCUT2D eigenvalue weighted by Crippen LogP contribution is -2.53. The zero-order valence-corrected chi connectivity index (χ0v) is 20.5. The third kappa shape index (κ3) is 7.01. The van der Waals surface area contributed by atoms with Gasteiger partial charge in [0, 0.05) is 12.1 Å². The molecule has 0 aliphatic heterocycles. The molecule has 1 atom stereocenters. The van der Waals surface area contributed by atoms with Crippen molar-refractivity contribution >= 4 is 11.8 Å². The molecule has 2 aromatic rings. The molecule has 0 radical (unpaired) electrons. The van der Waals surface area contributed by atoms with E-state index in [1.165, 1.54) is 0 Å². The molecule has 0 fully saturated rings. The number of nitrogens with zero attached hydrogens (tertiary/aromatic N) is 1. The van der Waals surface area contributed by atoms with Crippen molar-refractivity contribution in [3.8, 4) is 11.5 Å². The van der Waals surface area contributed by atoms with Crippen LogP contribution in [0, 0.1) is 20.8 Å². The number of aryl methyl sites for hydroxylation is 2. The summed E-state index contributed by atoms with van der Waals surface area (Å²) in [6, 6.07) is 10.8. The highest BCUT2D eigenvalue weighted by Gasteiger charge is 2.29. The van der Waals surface area contributed by atoms with E-state index in [4.69, 9.17) is 9.47 Å². The van der Waals surface area contributed by atoms with Gasteiger partial charge in [0.15, 0.2) is 6.61 Å². The zero-order chi connectivity index (χ0) is 24.1. The van der Waals surface area contributed by atoms with Gasteiger partial charge in [0.2, 0.25) is 5.91 Å². The van der Waals surface area contributed by atoms with Crippen molar-refractivity contribution < 1.29 is 19.1 Å². The van der Waals surface area contributed by atoms with E-state index in [1.54, 1.807) is 18.9 Å². The van der Waals surface area contributed by atoms with Crippen molar-refractivity contribution in [2.45, 2.75) is 66.6 Å². The van der Waals surface area contributed by atoms with Crippen molar-refractivity contribution in [3.63, 3.8) is 0 Å². The summed E-state index contributed by atoms with van der Waals surface area (Å²) in [5, 5.41) is 2.96. The number of hydrogen-bond acceptors (Lipinski definition) is 4. The van der Waals surface area contributed by atoms with Gasteiger partial charge in [0.1, 0.15) is 17.5 Å². The van der Waals surface area contributed by atoms with Gasteiger partial charge in [0.05, 0.1) is 7.11 Å². The molecule has 0 saturated heterocycles. The molecular weight excluding hydrogens is 404 g/mol. The van der Waals surface area contributed by atoms with E-state index in [0.717, 1.165) is 22.3 Å². The Morgan fingerprint density at radius 1 is 1.09 bits per heavy atom. The molecule has 1 unspecified atom stereocenters. The van der Waals surface area contributed by atoms with Gasteiger partial charge in [-0.05, 0) is 88.9 Å². The predicted molar refractivity (Wildman–Crippen MR) is 127 cm³/mol. The lowest BCUT2D eigenvalue weighted by Gasteiger charge is -2.31. The predicted octanol–water partition coefficient (Wildman–Crippen LogP) is 4.33. The Bertz CT molecular complexity index is 963. The Kier molecular flexibility index (Phi) is 8.31. The Balaban J connectivity index is 2.26. The molecule has 1 N–H and O–H groups in total. The van der Waals surface area contributed by atoms with Gasteiger partial charge in [-0.2, -0.15) is 0 Å². The molecule has 0 spiro atoms. The van der Waals surface area contributed by atoms with Crippen LogP contribution in [0.1, 0.15) is 49.9 Å². The number of nitrogens with one attached hydrogen (secondary N) is 1. The number of carbonyl (C=O) groups excluding carboxylic acids is 2. The van der Waals surface area contributed by atoms with E-state index in [2.05, 4.69) is 11.4 Å². The first-order chi connectivity index (χ1) is 14.9. The van der Waals surface area contributed by atoms with Crippen molar-refractivity contribution in [2.24, 2.45) is 0 Å². The van der Waals surface area contributed by atoms with E-state index in [-0.39, 0.29) is 25.0 Å². The highest BCUT2D eigenvalue weighted by atomic mass is 16.5. The van der Waals surface area contributed by atoms with Gasteiger partial charge in [-0.25, -0.2) is 0 Å². The first kappa shape index (κ1) is 25.2. The summed E-state index contributed by atoms with van der Waals surface area (Å²) in [4.78, 5) is 27.7. The highest BCUT2D eigenvalue weighted by molar-refractivity contribution is 5.88. The molecule has 6 nitrogen and oxygen atoms in total. The third-order valence-electron chi connectivity index (χ3n) is 5.27. The smallest absolute Gasteiger partial charge is 0.261 e. The maximum Gasteiger partial charge on any atom is 0.261 e. The molecule has 0 saturated carbocycles. The van der Waals surface area contributed by atoms with Crippen LogP contribution in [0.3, 0.4) is 0 Å². The van der Waals surface area contributed by atoms with Crippen LogP contribution >= 0.6 is 0 Å². The topological polar surface area (TPSA) is 67.9 Å². The average Bonchev–Trinajstić information content (AvgIpc) is 2.71. The number of hydrogen-bond donors (Lipinski definition) is 1. The van der Waals surface area contributed by atoms with Gasteiger partial charge >= 0.3 is 0 Å². The molecule has 32 heavy (non-hydrogen) atoms. The second-order valence-electron chi connectivity index (χ2n) is 9.28. The summed E-state index contributed by atoms with van der Waals surface area (Å²) in [7, 11) is 1.60. The van der Waals surface area contributed by atoms with E-state index in [0.29, 0.717) is 11.5 Å². The zero-order valence-electron chi connectivity index (χ0n) is 20.5. The third-order valence-corrected chi connectivity index (χ3v) is 5.27. The van der Waals surface area contributed by atoms with Crippen LogP contribution in [0.15, 0.2) is 36.4 Å². The van der Waals surface area contributed by atoms with Gasteiger partial charge < -0.3 is 19.7 Å². The number of ether oxygens (including phenoxy) is 2. The minimum absolute atomic E-state index is 0.152. The number of carbonyl (C=O) groups is 2. The summed E-state index contributed by atoms with van der Waals surface area (Å²) in [5.41, 5.74) is 3.65. The van der Waals surface area contributed by atoms with Crippen molar-refractivity contribution in [3.05, 3.63) is 58.7 Å². The van der Waals surface area contributed by atoms with Gasteiger partial charge in [-0.3, -0.25) is 9.59 Å². The van der Waals surface area contributed by atoms with Crippen LogP contribution in [0.4, 0.5) is 0 Å². The fourth-order valence-electron chi connectivity index (χ4n) is 3.40. The fourth-order valence-corrected chi connectivity index (χ4v) is 3.40. The molecule has 0 bridgehead atoms. The Hall–Kier alpha value is -3.02. The minimum atomic E-state index is -0.670. The van der Waals surface area contributed by atoms with Gasteiger partial charge in [0.25, 0.3) is 5.91 Å². The first-order valence-electron chi connectivity index (χ1n) is 10.9. The maximum atomic E-state index is 13.3. The fraction of sp³-hybridized carbons (Fsp3) is 0.462. The quantitative estimate of drug-likeness (QED) is 0.663. The molecule has 2 rings (SSSR count). The molecule has 2 amide bonds. The van der Waals surface area contributed by atoms with Crippen molar-refractivity contribution in [1.82, 2.24) is 10.2 Å². The van der Waals surface area contributed by atoms with Crippen LogP contribution in [-0.2, 0) is 16.1 Å². The molecule has 0 heterocycles. The van der Waals surface area contributed by atoms with Crippen LogP contribution < -0.4 is 14.8 Å². The lowest BCUT2D eigenvalue weighted by molar-refractivity contribution is -0.142. The van der Waals surface area contributed by atoms with Crippen LogP contribution in [0.25, 0.3) is 0 Å². The summed E-state index contributed by atoms with van der Waals surface area (Å²) in [6.45, 7) is 13.6. The normalized spacial score (nSPS) is 12.1. The Morgan fingerprint density at radius 2 is 1.78 bits per heavy atom. The summed E-state index contributed by atoms with van der Waals surface area (Å²) >= 11 is 0. The molecule has 6 heteroatoms. The van der Waals surface area contributed by atoms with Gasteiger partial charge in [-0.1, -0.05) is 18.2 Å². The second-order valence-corrected chi connectivity index (χ2v) is 9.28. The molecule has 0 aliphatic carbocycles. The second kappa shape index (κ2) is 10.5. The first-order valence-corrected chi connectivity index (χ1v) is 10.9. The molecular formula is C26H36N2O4. The number of rotatable bonds is 8. The van der Waals surface area contributed by atoms with Crippen LogP contribution in [0.5, 0.6) is 11.5 Å². The average molecular weight is 441 g/mol. The minimum Gasteiger partial charge on any atom is -0.497 e. The largest absolute Gasteiger partial charge is 0.497 e. The van der Waals surface area contributed by atoms with E-state index >= 15 is 0 Å². The highest BCUT2D eigenvalue weighted by Crippen LogP contribution is 2.24. The number of methoxy groups -OCH3 is 1. The van der Waals surface area contributed by atoms with Crippen LogP contribution in [-0.4, -0.2) is 42.0 Å². The summed E-state index contributed by atoms with van der Waals surface area (Å²) in [6.07, 6.45) is 0. The van der Waals surface area contributed by atoms with Gasteiger partial charge in [-0.15, -0.1) is 0 Å². The lowest BCUT2D eigenvalue weighted by atomic mass is 10.1. The molecule has 0 aliphatic rings. The van der Waals surface area contributed by atoms with E-state index in [1.807, 2.05) is 71.9 Å². The summed E-state index contributed by atoms with van der Waals surface area (Å²) < 4.78 is 11.2. The Morgan fingerprint density at radius 3 is 2.41 bits per heavy atom. The van der Waals surface area contributed by atoms with Crippen LogP contribution in [0.2, 0.25) is 0 Å². The SMILES string of the molecule is COc1cccc(CN(C(=O)COc2cc(C)cc(C)c2C)C(C)C(=O)NC(C)(C)C)c1. The standard InChI is InChI=1S/C26H36N2O4/c1-17-12-18(2)19(3)23(13-17)32-16-24(29)28(20(4)25(30)27-26(5,6)7)15-21-10-9-11-22(14-21)31-8/h9-14,20H,15-16H2,1-8H3,(H,27,30). The van der Waals surface area contributed by atoms with E-state index in [9.17, 15) is 9.59 Å². The van der Waals surface area contributed by atoms with E-state index < -0.39 is 11.6 Å². The molecule has 0 aromatic heterocycles. The summed E-state index contributed by atoms with van der Waals surface area (Å²) in [5.74, 6) is 0.909. The Labute approximate surface area is 191 Å². The number of amides is 2.